The predicted molar refractivity (Wildman–Crippen MR) is 315 cm³/mol. The Labute approximate surface area is 468 Å². The summed E-state index contributed by atoms with van der Waals surface area (Å²) in [6, 6.07) is 43.9. The van der Waals surface area contributed by atoms with Gasteiger partial charge in [0.05, 0.1) is 47.5 Å². The Bertz CT molecular complexity index is 4540. The number of carboxylic acids is 1. The van der Waals surface area contributed by atoms with E-state index in [1.54, 1.807) is 54.7 Å². The molecule has 0 aliphatic heterocycles. The number of carboxylic acid groups (broad SMARTS) is 1. The second-order valence-corrected chi connectivity index (χ2v) is 20.2. The van der Waals surface area contributed by atoms with E-state index in [1.165, 1.54) is 20.4 Å². The first kappa shape index (κ1) is 54.7. The summed E-state index contributed by atoms with van der Waals surface area (Å²) in [7, 11) is -0.925. The maximum atomic E-state index is 11.9. The van der Waals surface area contributed by atoms with Gasteiger partial charge in [-0.3, -0.25) is 0 Å². The van der Waals surface area contributed by atoms with Crippen LogP contribution < -0.4 is 16.0 Å². The number of hydrogen-bond acceptors (Lipinski definition) is 19. The summed E-state index contributed by atoms with van der Waals surface area (Å²) in [6.45, 7) is 4.02. The maximum absolute atomic E-state index is 11.9. The fourth-order valence-electron chi connectivity index (χ4n) is 8.79. The van der Waals surface area contributed by atoms with E-state index in [4.69, 9.17) is 14.5 Å². The number of esters is 2. The summed E-state index contributed by atoms with van der Waals surface area (Å²) >= 11 is 0. The van der Waals surface area contributed by atoms with Gasteiger partial charge in [0.1, 0.15) is 28.2 Å². The largest absolute Gasteiger partial charge is 0.478 e. The molecule has 6 aromatic carbocycles. The molecule has 4 N–H and O–H groups in total. The van der Waals surface area contributed by atoms with Gasteiger partial charge < -0.3 is 30.5 Å². The average molecular weight is 1110 g/mol. The summed E-state index contributed by atoms with van der Waals surface area (Å²) in [4.78, 5) is 75.5. The van der Waals surface area contributed by atoms with Gasteiger partial charge in [0.25, 0.3) is 0 Å². The molecular formula is C61H50N12O8S. The number of fused-ring (bicyclic) bond motifs is 9. The standard InChI is InChI=1S/C21H18N4O2.C20H16N4O4S.C20H16N4O2/c1-3-18-22-12-16-15-10-9-13(21(26)27-2)11-17(15)24-20(19(16)25-18)23-14-7-5-4-6-8-14;1-28-19(25)12-8-9-14-15-11-21-20(29(2,26)27)24-17(15)18(23-16(14)10-12)22-13-6-4-3-5-7-13;1-2-17-21-11-15-14-9-8-12(20(25)26)10-16(14)23-19(18(15)24-17)22-13-6-4-3-5-7-13/h4-12H,3H2,1-2H3,(H,23,24);3-11H,1-2H3,(H,22,23);3-11H,2H2,1H3,(H,22,23)(H,25,26). The highest BCUT2D eigenvalue weighted by molar-refractivity contribution is 7.90. The lowest BCUT2D eigenvalue weighted by Crippen LogP contribution is -2.06. The number of benzene rings is 6. The highest BCUT2D eigenvalue weighted by atomic mass is 32.2. The van der Waals surface area contributed by atoms with Crippen molar-refractivity contribution in [3.63, 3.8) is 0 Å². The smallest absolute Gasteiger partial charge is 0.337 e. The first-order valence-corrected chi connectivity index (χ1v) is 27.5. The molecule has 21 heteroatoms. The van der Waals surface area contributed by atoms with Gasteiger partial charge in [-0.2, -0.15) is 0 Å². The zero-order chi connectivity index (χ0) is 57.5. The zero-order valence-corrected chi connectivity index (χ0v) is 45.6. The van der Waals surface area contributed by atoms with Crippen LogP contribution in [0, 0.1) is 0 Å². The third-order valence-corrected chi connectivity index (χ3v) is 13.7. The first-order chi connectivity index (χ1) is 39.7. The Kier molecular flexibility index (Phi) is 15.8. The Balaban J connectivity index is 0.000000138. The number of hydrogen-bond donors (Lipinski definition) is 4. The molecule has 408 valence electrons. The second kappa shape index (κ2) is 23.7. The Hall–Kier alpha value is -10.7. The number of aromatic carboxylic acids is 1. The highest BCUT2D eigenvalue weighted by Gasteiger charge is 2.20. The van der Waals surface area contributed by atoms with Crippen molar-refractivity contribution in [2.75, 3.05) is 36.4 Å². The lowest BCUT2D eigenvalue weighted by atomic mass is 10.1. The molecule has 0 amide bonds. The summed E-state index contributed by atoms with van der Waals surface area (Å²) in [6.07, 6.45) is 7.56. The van der Waals surface area contributed by atoms with Crippen LogP contribution in [0.2, 0.25) is 0 Å². The number of carbonyl (C=O) groups is 3. The van der Waals surface area contributed by atoms with Crippen molar-refractivity contribution < 1.29 is 37.4 Å². The molecule has 0 spiro atoms. The summed E-state index contributed by atoms with van der Waals surface area (Å²) in [5.74, 6) is 1.20. The molecule has 82 heavy (non-hydrogen) atoms. The quantitative estimate of drug-likeness (QED) is 0.0502. The summed E-state index contributed by atoms with van der Waals surface area (Å²) in [5, 5.41) is 23.5. The van der Waals surface area contributed by atoms with E-state index in [2.05, 4.69) is 55.8 Å². The number of anilines is 6. The zero-order valence-electron chi connectivity index (χ0n) is 44.7. The van der Waals surface area contributed by atoms with Crippen molar-refractivity contribution in [1.82, 2.24) is 44.9 Å². The van der Waals surface area contributed by atoms with Crippen LogP contribution in [0.4, 0.5) is 34.5 Å². The molecule has 0 radical (unpaired) electrons. The van der Waals surface area contributed by atoms with E-state index in [0.29, 0.717) is 61.4 Å². The molecule has 6 heterocycles. The number of carbonyl (C=O) groups excluding carboxylic acids is 2. The van der Waals surface area contributed by atoms with E-state index in [9.17, 15) is 27.9 Å². The van der Waals surface area contributed by atoms with Gasteiger partial charge in [-0.15, -0.1) is 0 Å². The number of pyridine rings is 3. The van der Waals surface area contributed by atoms with Gasteiger partial charge in [-0.05, 0) is 72.8 Å². The Morgan fingerprint density at radius 1 is 0.451 bits per heavy atom. The van der Waals surface area contributed by atoms with Crippen LogP contribution in [0.1, 0.15) is 56.6 Å². The Morgan fingerprint density at radius 2 is 0.793 bits per heavy atom. The molecule has 0 saturated carbocycles. The molecule has 12 aromatic rings. The minimum atomic E-state index is -3.60. The third kappa shape index (κ3) is 11.8. The molecule has 20 nitrogen and oxygen atoms in total. The highest BCUT2D eigenvalue weighted by Crippen LogP contribution is 2.34. The fraction of sp³-hybridized carbons (Fsp3) is 0.115. The molecule has 0 aliphatic rings. The van der Waals surface area contributed by atoms with Gasteiger partial charge in [0.15, 0.2) is 17.5 Å². The molecular weight excluding hydrogens is 1060 g/mol. The SMILES string of the molecule is CCc1ncc2c(n1)c(Nc1ccccc1)nc1cc(C(=O)O)ccc12.CCc1ncc2c(n1)c(Nc1ccccc1)nc1cc(C(=O)OC)ccc12.COC(=O)c1ccc2c(c1)nc(Nc1ccccc1)c1nc(S(C)(=O)=O)ncc12. The summed E-state index contributed by atoms with van der Waals surface area (Å²) < 4.78 is 33.5. The Morgan fingerprint density at radius 3 is 1.13 bits per heavy atom. The van der Waals surface area contributed by atoms with Crippen molar-refractivity contribution in [2.45, 2.75) is 31.8 Å². The van der Waals surface area contributed by atoms with Gasteiger partial charge in [-0.1, -0.05) is 86.6 Å². The number of methoxy groups -OCH3 is 2. The lowest BCUT2D eigenvalue weighted by molar-refractivity contribution is 0.0592. The molecule has 0 saturated heterocycles. The van der Waals surface area contributed by atoms with E-state index in [0.717, 1.165) is 80.4 Å². The van der Waals surface area contributed by atoms with E-state index >= 15 is 0 Å². The predicted octanol–water partition coefficient (Wildman–Crippen LogP) is 11.6. The average Bonchev–Trinajstić information content (AvgIpc) is 2.80. The van der Waals surface area contributed by atoms with E-state index in [-0.39, 0.29) is 10.7 Å². The number of nitrogens with one attached hydrogen (secondary N) is 3. The number of sulfone groups is 1. The first-order valence-electron chi connectivity index (χ1n) is 25.6. The topological polar surface area (TPSA) is 276 Å². The third-order valence-electron chi connectivity index (χ3n) is 12.8. The number of rotatable bonds is 12. The van der Waals surface area contributed by atoms with Crippen LogP contribution in [0.5, 0.6) is 0 Å². The molecule has 0 unspecified atom stereocenters. The van der Waals surface area contributed by atoms with Crippen LogP contribution in [0.25, 0.3) is 65.4 Å². The maximum Gasteiger partial charge on any atom is 0.337 e. The normalized spacial score (nSPS) is 11.1. The van der Waals surface area contributed by atoms with Crippen molar-refractivity contribution in [3.05, 3.63) is 193 Å². The molecule has 0 fully saturated rings. The van der Waals surface area contributed by atoms with Crippen molar-refractivity contribution >= 4 is 128 Å². The summed E-state index contributed by atoms with van der Waals surface area (Å²) in [5.41, 5.74) is 7.17. The van der Waals surface area contributed by atoms with Crippen molar-refractivity contribution in [3.8, 4) is 0 Å². The molecule has 12 rings (SSSR count). The molecule has 0 aliphatic carbocycles. The van der Waals surface area contributed by atoms with Crippen LogP contribution in [-0.4, -0.2) is 96.8 Å². The monoisotopic (exact) mass is 1110 g/mol. The van der Waals surface area contributed by atoms with Crippen molar-refractivity contribution in [1.29, 1.82) is 0 Å². The minimum Gasteiger partial charge on any atom is -0.478 e. The fourth-order valence-corrected chi connectivity index (χ4v) is 9.29. The number of aryl methyl sites for hydroxylation is 2. The second-order valence-electron chi connectivity index (χ2n) is 18.3. The molecule has 6 aromatic heterocycles. The van der Waals surface area contributed by atoms with Gasteiger partial charge in [0, 0.05) is 87.1 Å². The number of ether oxygens (including phenoxy) is 2. The molecule has 0 bridgehead atoms. The van der Waals surface area contributed by atoms with Crippen LogP contribution in [0.15, 0.2) is 169 Å². The van der Waals surface area contributed by atoms with E-state index < -0.39 is 27.7 Å². The van der Waals surface area contributed by atoms with Crippen LogP contribution >= 0.6 is 0 Å². The van der Waals surface area contributed by atoms with Gasteiger partial charge >= 0.3 is 17.9 Å². The van der Waals surface area contributed by atoms with Crippen LogP contribution in [-0.2, 0) is 32.2 Å². The van der Waals surface area contributed by atoms with Gasteiger partial charge in [-0.25, -0.2) is 67.7 Å². The number of nitrogens with zero attached hydrogens (tertiary/aromatic N) is 9. The number of aromatic nitrogens is 9. The lowest BCUT2D eigenvalue weighted by Gasteiger charge is -2.12. The number of para-hydroxylation sites is 3. The molecule has 0 atom stereocenters. The van der Waals surface area contributed by atoms with Gasteiger partial charge in [0.2, 0.25) is 15.0 Å². The van der Waals surface area contributed by atoms with Crippen molar-refractivity contribution in [2.24, 2.45) is 0 Å². The minimum absolute atomic E-state index is 0.195. The van der Waals surface area contributed by atoms with Crippen LogP contribution in [0.3, 0.4) is 0 Å². The van der Waals surface area contributed by atoms with E-state index in [1.807, 2.05) is 117 Å².